The van der Waals surface area contributed by atoms with E-state index in [9.17, 15) is 0 Å². The van der Waals surface area contributed by atoms with E-state index < -0.39 is 0 Å². The molecule has 0 radical (unpaired) electrons. The second-order valence-corrected chi connectivity index (χ2v) is 5.27. The van der Waals surface area contributed by atoms with E-state index in [0.29, 0.717) is 0 Å². The minimum absolute atomic E-state index is 0.762. The molecule has 1 aromatic carbocycles. The maximum Gasteiger partial charge on any atom is 0.0207 e. The molecule has 2 heteroatoms. The molecule has 0 atom stereocenters. The second kappa shape index (κ2) is 4.67. The maximum atomic E-state index is 3.59. The van der Waals surface area contributed by atoms with Gasteiger partial charge in [0.1, 0.15) is 0 Å². The first-order valence-corrected chi connectivity index (χ1v) is 6.45. The van der Waals surface area contributed by atoms with E-state index in [0.717, 1.165) is 5.92 Å². The van der Waals surface area contributed by atoms with Gasteiger partial charge in [-0.2, -0.15) is 0 Å². The zero-order chi connectivity index (χ0) is 10.8. The van der Waals surface area contributed by atoms with Gasteiger partial charge in [0.2, 0.25) is 0 Å². The normalized spacial score (nSPS) is 18.1. The van der Waals surface area contributed by atoms with Crippen LogP contribution in [0.25, 0.3) is 0 Å². The number of halogens is 1. The van der Waals surface area contributed by atoms with Crippen LogP contribution in [0.3, 0.4) is 0 Å². The van der Waals surface area contributed by atoms with Crippen LogP contribution in [0.15, 0.2) is 16.6 Å². The van der Waals surface area contributed by atoms with Crippen molar-refractivity contribution < 1.29 is 0 Å². The van der Waals surface area contributed by atoms with Gasteiger partial charge in [-0.25, -0.2) is 0 Å². The summed E-state index contributed by atoms with van der Waals surface area (Å²) in [7, 11) is 0. The highest BCUT2D eigenvalue weighted by atomic mass is 79.9. The largest absolute Gasteiger partial charge is 0.317 e. The molecular formula is C13H18BrN. The standard InChI is InChI=1S/C13H18BrN/c1-9-10(2)13(14)4-3-12(9)11-5-7-15-8-6-11/h3-4,11,15H,5-8H2,1-2H3. The van der Waals surface area contributed by atoms with Crippen molar-refractivity contribution in [1.29, 1.82) is 0 Å². The Kier molecular flexibility index (Phi) is 3.47. The van der Waals surface area contributed by atoms with E-state index >= 15 is 0 Å². The molecule has 0 unspecified atom stereocenters. The van der Waals surface area contributed by atoms with Gasteiger partial charge in [-0.05, 0) is 68.5 Å². The van der Waals surface area contributed by atoms with E-state index in [1.165, 1.54) is 41.5 Å². The average Bonchev–Trinajstić information content (AvgIpc) is 2.27. The number of hydrogen-bond acceptors (Lipinski definition) is 1. The molecule has 2 rings (SSSR count). The van der Waals surface area contributed by atoms with Crippen LogP contribution in [-0.4, -0.2) is 13.1 Å². The van der Waals surface area contributed by atoms with Crippen molar-refractivity contribution in [3.63, 3.8) is 0 Å². The molecule has 0 saturated carbocycles. The highest BCUT2D eigenvalue weighted by molar-refractivity contribution is 9.10. The molecule has 1 saturated heterocycles. The van der Waals surface area contributed by atoms with Crippen molar-refractivity contribution in [2.24, 2.45) is 0 Å². The van der Waals surface area contributed by atoms with Gasteiger partial charge in [0.05, 0.1) is 0 Å². The first kappa shape index (κ1) is 11.2. The molecule has 1 aliphatic heterocycles. The van der Waals surface area contributed by atoms with Crippen LogP contribution in [0, 0.1) is 13.8 Å². The van der Waals surface area contributed by atoms with Crippen LogP contribution in [0.2, 0.25) is 0 Å². The summed E-state index contributed by atoms with van der Waals surface area (Å²) in [5, 5.41) is 3.42. The summed E-state index contributed by atoms with van der Waals surface area (Å²) in [6.07, 6.45) is 2.56. The van der Waals surface area contributed by atoms with Crippen LogP contribution >= 0.6 is 15.9 Å². The third-order valence-electron chi connectivity index (χ3n) is 3.54. The third kappa shape index (κ3) is 2.26. The van der Waals surface area contributed by atoms with Crippen LogP contribution < -0.4 is 5.32 Å². The number of benzene rings is 1. The van der Waals surface area contributed by atoms with Gasteiger partial charge in [-0.3, -0.25) is 0 Å². The SMILES string of the molecule is Cc1c(Br)ccc(C2CCNCC2)c1C. The van der Waals surface area contributed by atoms with Crippen LogP contribution in [-0.2, 0) is 0 Å². The quantitative estimate of drug-likeness (QED) is 0.821. The summed E-state index contributed by atoms with van der Waals surface area (Å²) >= 11 is 3.59. The van der Waals surface area contributed by atoms with Gasteiger partial charge in [0.15, 0.2) is 0 Å². The topological polar surface area (TPSA) is 12.0 Å². The van der Waals surface area contributed by atoms with Crippen molar-refractivity contribution >= 4 is 15.9 Å². The summed E-state index contributed by atoms with van der Waals surface area (Å²) < 4.78 is 1.23. The summed E-state index contributed by atoms with van der Waals surface area (Å²) in [6.45, 7) is 6.78. The fraction of sp³-hybridized carbons (Fsp3) is 0.538. The number of hydrogen-bond donors (Lipinski definition) is 1. The van der Waals surface area contributed by atoms with E-state index in [2.05, 4.69) is 47.2 Å². The number of piperidine rings is 1. The average molecular weight is 268 g/mol. The molecule has 1 heterocycles. The zero-order valence-electron chi connectivity index (χ0n) is 9.44. The Balaban J connectivity index is 2.31. The number of rotatable bonds is 1. The van der Waals surface area contributed by atoms with Crippen molar-refractivity contribution in [3.05, 3.63) is 33.3 Å². The smallest absolute Gasteiger partial charge is 0.0207 e. The molecule has 0 spiro atoms. The van der Waals surface area contributed by atoms with Crippen LogP contribution in [0.4, 0.5) is 0 Å². The molecule has 0 aliphatic carbocycles. The minimum atomic E-state index is 0.762. The monoisotopic (exact) mass is 267 g/mol. The van der Waals surface area contributed by atoms with E-state index in [-0.39, 0.29) is 0 Å². The molecule has 1 N–H and O–H groups in total. The molecule has 0 amide bonds. The van der Waals surface area contributed by atoms with Gasteiger partial charge < -0.3 is 5.32 Å². The molecule has 15 heavy (non-hydrogen) atoms. The Hall–Kier alpha value is -0.340. The van der Waals surface area contributed by atoms with E-state index in [1.54, 1.807) is 5.56 Å². The molecule has 1 fully saturated rings. The first-order chi connectivity index (χ1) is 7.20. The molecule has 1 nitrogen and oxygen atoms in total. The lowest BCUT2D eigenvalue weighted by Crippen LogP contribution is -2.27. The Labute approximate surface area is 100 Å². The lowest BCUT2D eigenvalue weighted by molar-refractivity contribution is 0.459. The summed E-state index contributed by atoms with van der Waals surface area (Å²) in [5.74, 6) is 0.762. The van der Waals surface area contributed by atoms with Crippen LogP contribution in [0.5, 0.6) is 0 Å². The van der Waals surface area contributed by atoms with Gasteiger partial charge in [-0.1, -0.05) is 22.0 Å². The van der Waals surface area contributed by atoms with Crippen molar-refractivity contribution in [1.82, 2.24) is 5.32 Å². The second-order valence-electron chi connectivity index (χ2n) is 4.41. The van der Waals surface area contributed by atoms with E-state index in [4.69, 9.17) is 0 Å². The number of nitrogens with one attached hydrogen (secondary N) is 1. The first-order valence-electron chi connectivity index (χ1n) is 5.66. The van der Waals surface area contributed by atoms with Crippen molar-refractivity contribution in [3.8, 4) is 0 Å². The van der Waals surface area contributed by atoms with Gasteiger partial charge in [-0.15, -0.1) is 0 Å². The predicted molar refractivity (Wildman–Crippen MR) is 68.5 cm³/mol. The summed E-state index contributed by atoms with van der Waals surface area (Å²) in [6, 6.07) is 4.49. The van der Waals surface area contributed by atoms with Crippen LogP contribution in [0.1, 0.15) is 35.4 Å². The Morgan fingerprint density at radius 2 is 1.80 bits per heavy atom. The Morgan fingerprint density at radius 1 is 1.13 bits per heavy atom. The molecule has 1 aromatic rings. The van der Waals surface area contributed by atoms with Gasteiger partial charge in [0, 0.05) is 4.47 Å². The minimum Gasteiger partial charge on any atom is -0.317 e. The predicted octanol–water partition coefficient (Wildman–Crippen LogP) is 3.53. The lowest BCUT2D eigenvalue weighted by atomic mass is 9.86. The molecule has 1 aliphatic rings. The Bertz CT molecular complexity index is 354. The highest BCUT2D eigenvalue weighted by Gasteiger charge is 2.17. The fourth-order valence-corrected chi connectivity index (χ4v) is 2.81. The highest BCUT2D eigenvalue weighted by Crippen LogP contribution is 2.31. The summed E-state index contributed by atoms with van der Waals surface area (Å²) in [5.41, 5.74) is 4.42. The molecule has 0 aromatic heterocycles. The van der Waals surface area contributed by atoms with Gasteiger partial charge in [0.25, 0.3) is 0 Å². The Morgan fingerprint density at radius 3 is 2.47 bits per heavy atom. The third-order valence-corrected chi connectivity index (χ3v) is 4.40. The molecule has 82 valence electrons. The molecular weight excluding hydrogens is 250 g/mol. The maximum absolute atomic E-state index is 3.59. The molecule has 0 bridgehead atoms. The van der Waals surface area contributed by atoms with E-state index in [1.807, 2.05) is 0 Å². The lowest BCUT2D eigenvalue weighted by Gasteiger charge is -2.25. The fourth-order valence-electron chi connectivity index (χ4n) is 2.38. The van der Waals surface area contributed by atoms with Crippen molar-refractivity contribution in [2.75, 3.05) is 13.1 Å². The zero-order valence-corrected chi connectivity index (χ0v) is 11.0. The summed E-state index contributed by atoms with van der Waals surface area (Å²) in [4.78, 5) is 0. The van der Waals surface area contributed by atoms with Crippen molar-refractivity contribution in [2.45, 2.75) is 32.6 Å². The van der Waals surface area contributed by atoms with Gasteiger partial charge >= 0.3 is 0 Å².